The van der Waals surface area contributed by atoms with Crippen LogP contribution in [-0.2, 0) is 16.6 Å². The van der Waals surface area contributed by atoms with Gasteiger partial charge in [0.25, 0.3) is 0 Å². The van der Waals surface area contributed by atoms with Crippen molar-refractivity contribution >= 4 is 27.7 Å². The van der Waals surface area contributed by atoms with Crippen LogP contribution in [0.4, 0.5) is 0 Å². The molecular formula is C21H30N4O2S2. The molecule has 8 heteroatoms. The zero-order valence-corrected chi connectivity index (χ0v) is 19.0. The minimum absolute atomic E-state index is 0.275. The molecule has 0 saturated heterocycles. The van der Waals surface area contributed by atoms with E-state index >= 15 is 0 Å². The Balaban J connectivity index is 1.92. The molecule has 2 rings (SSSR count). The summed E-state index contributed by atoms with van der Waals surface area (Å²) in [5.74, 6) is 1.53. The molecule has 0 heterocycles. The van der Waals surface area contributed by atoms with Crippen molar-refractivity contribution in [1.82, 2.24) is 15.4 Å². The quantitative estimate of drug-likeness (QED) is 0.257. The van der Waals surface area contributed by atoms with Gasteiger partial charge in [-0.3, -0.25) is 4.99 Å². The molecule has 2 aromatic rings. The Morgan fingerprint density at radius 2 is 1.66 bits per heavy atom. The van der Waals surface area contributed by atoms with Gasteiger partial charge in [0.15, 0.2) is 5.96 Å². The van der Waals surface area contributed by atoms with Crippen molar-refractivity contribution in [2.75, 3.05) is 19.3 Å². The van der Waals surface area contributed by atoms with E-state index in [0.717, 1.165) is 12.3 Å². The monoisotopic (exact) mass is 434 g/mol. The van der Waals surface area contributed by atoms with E-state index in [1.807, 2.05) is 51.1 Å². The summed E-state index contributed by atoms with van der Waals surface area (Å²) in [4.78, 5) is 5.72. The number of thioether (sulfide) groups is 1. The summed E-state index contributed by atoms with van der Waals surface area (Å²) in [5, 5.41) is 6.46. The standard InChI is InChI=1S/C21H30N4O2S2/c1-21(2,3)25-29(26,27)19-13-9-8-10-17(19)16-24-20(22-4)23-14-15-28-18-11-6-5-7-12-18/h5-13,25H,14-16H2,1-4H3,(H2,22,23,24). The van der Waals surface area contributed by atoms with E-state index in [1.165, 1.54) is 4.90 Å². The van der Waals surface area contributed by atoms with E-state index in [0.29, 0.717) is 18.1 Å². The lowest BCUT2D eigenvalue weighted by atomic mass is 10.1. The van der Waals surface area contributed by atoms with Gasteiger partial charge >= 0.3 is 0 Å². The summed E-state index contributed by atoms with van der Waals surface area (Å²) < 4.78 is 28.2. The number of benzene rings is 2. The van der Waals surface area contributed by atoms with Gasteiger partial charge in [-0.15, -0.1) is 11.8 Å². The number of rotatable bonds is 8. The lowest BCUT2D eigenvalue weighted by Crippen LogP contribution is -2.41. The zero-order chi connectivity index (χ0) is 21.3. The van der Waals surface area contributed by atoms with E-state index < -0.39 is 15.6 Å². The highest BCUT2D eigenvalue weighted by Gasteiger charge is 2.24. The molecule has 0 unspecified atom stereocenters. The Hall–Kier alpha value is -2.03. The average molecular weight is 435 g/mol. The molecule has 0 aliphatic rings. The lowest BCUT2D eigenvalue weighted by Gasteiger charge is -2.22. The SMILES string of the molecule is CN=C(NCCSc1ccccc1)NCc1ccccc1S(=O)(=O)NC(C)(C)C. The number of guanidine groups is 1. The second-order valence-corrected chi connectivity index (χ2v) is 10.3. The highest BCUT2D eigenvalue weighted by Crippen LogP contribution is 2.18. The van der Waals surface area contributed by atoms with Gasteiger partial charge in [0.2, 0.25) is 10.0 Å². The fourth-order valence-electron chi connectivity index (χ4n) is 2.62. The van der Waals surface area contributed by atoms with Gasteiger partial charge in [-0.1, -0.05) is 36.4 Å². The Bertz CT molecular complexity index is 908. The third-order valence-electron chi connectivity index (χ3n) is 3.78. The third kappa shape index (κ3) is 8.08. The first-order valence-corrected chi connectivity index (χ1v) is 11.9. The first-order chi connectivity index (χ1) is 13.7. The maximum absolute atomic E-state index is 12.7. The highest BCUT2D eigenvalue weighted by atomic mass is 32.2. The van der Waals surface area contributed by atoms with Gasteiger partial charge in [-0.05, 0) is 44.5 Å². The molecule has 0 amide bonds. The van der Waals surface area contributed by atoms with Crippen LogP contribution in [0, 0.1) is 0 Å². The number of hydrogen-bond donors (Lipinski definition) is 3. The van der Waals surface area contributed by atoms with Crippen molar-refractivity contribution in [2.45, 2.75) is 42.6 Å². The minimum Gasteiger partial charge on any atom is -0.356 e. The number of hydrogen-bond acceptors (Lipinski definition) is 4. The largest absolute Gasteiger partial charge is 0.356 e. The number of nitrogens with zero attached hydrogens (tertiary/aromatic N) is 1. The van der Waals surface area contributed by atoms with Crippen molar-refractivity contribution < 1.29 is 8.42 Å². The van der Waals surface area contributed by atoms with Gasteiger partial charge in [0, 0.05) is 36.3 Å². The van der Waals surface area contributed by atoms with Crippen LogP contribution in [0.25, 0.3) is 0 Å². The fourth-order valence-corrected chi connectivity index (χ4v) is 5.07. The van der Waals surface area contributed by atoms with Gasteiger partial charge < -0.3 is 10.6 Å². The van der Waals surface area contributed by atoms with Crippen molar-refractivity contribution in [1.29, 1.82) is 0 Å². The number of nitrogens with one attached hydrogen (secondary N) is 3. The van der Waals surface area contributed by atoms with E-state index in [9.17, 15) is 8.42 Å². The van der Waals surface area contributed by atoms with E-state index in [-0.39, 0.29) is 4.90 Å². The Labute approximate surface area is 178 Å². The van der Waals surface area contributed by atoms with Gasteiger partial charge in [-0.2, -0.15) is 0 Å². The second-order valence-electron chi connectivity index (χ2n) is 7.48. The van der Waals surface area contributed by atoms with Gasteiger partial charge in [-0.25, -0.2) is 13.1 Å². The van der Waals surface area contributed by atoms with Crippen molar-refractivity contribution in [3.05, 3.63) is 60.2 Å². The van der Waals surface area contributed by atoms with E-state index in [1.54, 1.807) is 30.9 Å². The Kier molecular flexibility index (Phi) is 8.55. The molecule has 3 N–H and O–H groups in total. The molecule has 29 heavy (non-hydrogen) atoms. The van der Waals surface area contributed by atoms with Crippen molar-refractivity contribution in [3.8, 4) is 0 Å². The molecule has 0 aliphatic heterocycles. The predicted molar refractivity (Wildman–Crippen MR) is 122 cm³/mol. The van der Waals surface area contributed by atoms with Crippen LogP contribution in [0.3, 0.4) is 0 Å². The van der Waals surface area contributed by atoms with Crippen molar-refractivity contribution in [3.63, 3.8) is 0 Å². The summed E-state index contributed by atoms with van der Waals surface area (Å²) in [6.07, 6.45) is 0. The Morgan fingerprint density at radius 1 is 1.00 bits per heavy atom. The first-order valence-electron chi connectivity index (χ1n) is 9.45. The zero-order valence-electron chi connectivity index (χ0n) is 17.4. The normalized spacial score (nSPS) is 12.6. The molecule has 0 spiro atoms. The number of aliphatic imine (C=N–C) groups is 1. The fraction of sp³-hybridized carbons (Fsp3) is 0.381. The van der Waals surface area contributed by atoms with Crippen LogP contribution in [0.15, 0.2) is 69.4 Å². The van der Waals surface area contributed by atoms with Crippen LogP contribution in [0.5, 0.6) is 0 Å². The summed E-state index contributed by atoms with van der Waals surface area (Å²) in [6, 6.07) is 17.2. The maximum Gasteiger partial charge on any atom is 0.241 e. The Morgan fingerprint density at radius 3 is 2.31 bits per heavy atom. The summed E-state index contributed by atoms with van der Waals surface area (Å²) in [6.45, 7) is 6.57. The van der Waals surface area contributed by atoms with Crippen LogP contribution < -0.4 is 15.4 Å². The topological polar surface area (TPSA) is 82.6 Å². The van der Waals surface area contributed by atoms with Crippen LogP contribution >= 0.6 is 11.8 Å². The molecule has 2 aromatic carbocycles. The minimum atomic E-state index is -3.61. The molecule has 0 aliphatic carbocycles. The molecule has 0 atom stereocenters. The van der Waals surface area contributed by atoms with E-state index in [4.69, 9.17) is 0 Å². The molecule has 0 radical (unpaired) electrons. The van der Waals surface area contributed by atoms with Crippen LogP contribution in [0.1, 0.15) is 26.3 Å². The van der Waals surface area contributed by atoms with Crippen molar-refractivity contribution in [2.24, 2.45) is 4.99 Å². The summed E-state index contributed by atoms with van der Waals surface area (Å²) in [7, 11) is -1.91. The lowest BCUT2D eigenvalue weighted by molar-refractivity contribution is 0.491. The predicted octanol–water partition coefficient (Wildman–Crippen LogP) is 3.22. The van der Waals surface area contributed by atoms with Gasteiger partial charge in [0.05, 0.1) is 4.90 Å². The molecule has 6 nitrogen and oxygen atoms in total. The molecule has 0 bridgehead atoms. The highest BCUT2D eigenvalue weighted by molar-refractivity contribution is 7.99. The smallest absolute Gasteiger partial charge is 0.241 e. The molecule has 0 saturated carbocycles. The molecular weight excluding hydrogens is 404 g/mol. The van der Waals surface area contributed by atoms with Crippen LogP contribution in [-0.4, -0.2) is 39.3 Å². The molecule has 0 aromatic heterocycles. The summed E-state index contributed by atoms with van der Waals surface area (Å²) >= 11 is 1.77. The second kappa shape index (κ2) is 10.7. The number of sulfonamides is 1. The first kappa shape index (κ1) is 23.3. The van der Waals surface area contributed by atoms with Crippen LogP contribution in [0.2, 0.25) is 0 Å². The molecule has 0 fully saturated rings. The van der Waals surface area contributed by atoms with Gasteiger partial charge in [0.1, 0.15) is 0 Å². The average Bonchev–Trinajstić information content (AvgIpc) is 2.66. The van der Waals surface area contributed by atoms with E-state index in [2.05, 4.69) is 32.5 Å². The third-order valence-corrected chi connectivity index (χ3v) is 6.65. The maximum atomic E-state index is 12.7. The molecule has 158 valence electrons. The summed E-state index contributed by atoms with van der Waals surface area (Å²) in [5.41, 5.74) is 0.138.